The van der Waals surface area contributed by atoms with Crippen molar-refractivity contribution in [1.29, 1.82) is 0 Å². The van der Waals surface area contributed by atoms with Gasteiger partial charge >= 0.3 is 0 Å². The van der Waals surface area contributed by atoms with Crippen molar-refractivity contribution >= 4 is 21.6 Å². The lowest BCUT2D eigenvalue weighted by molar-refractivity contribution is 0.571. The first-order chi connectivity index (χ1) is 8.94. The third-order valence-electron chi connectivity index (χ3n) is 3.06. The first-order valence-corrected chi connectivity index (χ1v) is 8.70. The van der Waals surface area contributed by atoms with Crippen LogP contribution < -0.4 is 4.72 Å². The smallest absolute Gasteiger partial charge is 0.212 e. The standard InChI is InChI=1S/C14H22ClNO2S/c1-3-14(15)9-10-16-19(17,18)11-12(2)13-7-5-4-6-8-13/h4-8,12,14,16H,3,9-11H2,1-2H3. The van der Waals surface area contributed by atoms with Crippen LogP contribution in [0, 0.1) is 0 Å². The molecule has 1 aromatic carbocycles. The van der Waals surface area contributed by atoms with Crippen LogP contribution in [-0.2, 0) is 10.0 Å². The number of nitrogens with one attached hydrogen (secondary N) is 1. The Morgan fingerprint density at radius 2 is 1.89 bits per heavy atom. The van der Waals surface area contributed by atoms with Gasteiger partial charge in [-0.15, -0.1) is 11.6 Å². The van der Waals surface area contributed by atoms with E-state index < -0.39 is 10.0 Å². The average Bonchev–Trinajstić information content (AvgIpc) is 2.38. The van der Waals surface area contributed by atoms with Crippen LogP contribution in [0.4, 0.5) is 0 Å². The number of hydrogen-bond acceptors (Lipinski definition) is 2. The minimum atomic E-state index is -3.24. The molecule has 0 aliphatic carbocycles. The van der Waals surface area contributed by atoms with E-state index in [1.54, 1.807) is 0 Å². The summed E-state index contributed by atoms with van der Waals surface area (Å²) in [4.78, 5) is 0. The molecular weight excluding hydrogens is 282 g/mol. The van der Waals surface area contributed by atoms with Crippen molar-refractivity contribution in [3.63, 3.8) is 0 Å². The molecule has 1 N–H and O–H groups in total. The lowest BCUT2D eigenvalue weighted by Crippen LogP contribution is -2.30. The lowest BCUT2D eigenvalue weighted by atomic mass is 10.0. The molecular formula is C14H22ClNO2S. The number of rotatable bonds is 8. The molecule has 0 amide bonds. The minimum Gasteiger partial charge on any atom is -0.215 e. The molecule has 19 heavy (non-hydrogen) atoms. The van der Waals surface area contributed by atoms with E-state index in [0.29, 0.717) is 13.0 Å². The topological polar surface area (TPSA) is 46.2 Å². The van der Waals surface area contributed by atoms with E-state index in [0.717, 1.165) is 12.0 Å². The monoisotopic (exact) mass is 303 g/mol. The SMILES string of the molecule is CCC(Cl)CCNS(=O)(=O)CC(C)c1ccccc1. The van der Waals surface area contributed by atoms with E-state index >= 15 is 0 Å². The Bertz CT molecular complexity index is 462. The molecule has 0 aliphatic heterocycles. The molecule has 0 saturated carbocycles. The molecule has 2 atom stereocenters. The van der Waals surface area contributed by atoms with Crippen molar-refractivity contribution in [2.45, 2.75) is 38.0 Å². The summed E-state index contributed by atoms with van der Waals surface area (Å²) in [5, 5.41) is 0.0363. The van der Waals surface area contributed by atoms with Crippen LogP contribution in [0.3, 0.4) is 0 Å². The van der Waals surface area contributed by atoms with Crippen LogP contribution in [0.5, 0.6) is 0 Å². The van der Waals surface area contributed by atoms with Crippen molar-refractivity contribution in [3.05, 3.63) is 35.9 Å². The summed E-state index contributed by atoms with van der Waals surface area (Å²) in [6.07, 6.45) is 1.51. The van der Waals surface area contributed by atoms with Gasteiger partial charge in [-0.3, -0.25) is 0 Å². The first-order valence-electron chi connectivity index (χ1n) is 6.61. The summed E-state index contributed by atoms with van der Waals surface area (Å²) in [7, 11) is -3.24. The molecule has 5 heteroatoms. The molecule has 0 heterocycles. The summed E-state index contributed by atoms with van der Waals surface area (Å²) in [5.41, 5.74) is 1.04. The Kier molecular flexibility index (Phi) is 6.83. The zero-order valence-corrected chi connectivity index (χ0v) is 13.0. The maximum atomic E-state index is 11.9. The molecule has 0 bridgehead atoms. The molecule has 1 rings (SSSR count). The maximum absolute atomic E-state index is 11.9. The van der Waals surface area contributed by atoms with Gasteiger partial charge in [-0.25, -0.2) is 13.1 Å². The van der Waals surface area contributed by atoms with Crippen molar-refractivity contribution in [3.8, 4) is 0 Å². The summed E-state index contributed by atoms with van der Waals surface area (Å²) in [5.74, 6) is 0.0903. The Morgan fingerprint density at radius 1 is 1.26 bits per heavy atom. The van der Waals surface area contributed by atoms with Gasteiger partial charge in [-0.05, 0) is 24.3 Å². The largest absolute Gasteiger partial charge is 0.215 e. The Morgan fingerprint density at radius 3 is 2.47 bits per heavy atom. The van der Waals surface area contributed by atoms with E-state index in [-0.39, 0.29) is 17.0 Å². The summed E-state index contributed by atoms with van der Waals surface area (Å²) in [6.45, 7) is 4.32. The highest BCUT2D eigenvalue weighted by Crippen LogP contribution is 2.16. The normalized spacial score (nSPS) is 15.1. The van der Waals surface area contributed by atoms with Crippen LogP contribution in [0.2, 0.25) is 0 Å². The molecule has 0 radical (unpaired) electrons. The fraction of sp³-hybridized carbons (Fsp3) is 0.571. The zero-order chi connectivity index (χ0) is 14.3. The van der Waals surface area contributed by atoms with Gasteiger partial charge in [0, 0.05) is 11.9 Å². The first kappa shape index (κ1) is 16.5. The quantitative estimate of drug-likeness (QED) is 0.750. The highest BCUT2D eigenvalue weighted by Gasteiger charge is 2.16. The minimum absolute atomic E-state index is 0.0170. The summed E-state index contributed by atoms with van der Waals surface area (Å²) >= 11 is 5.96. The van der Waals surface area contributed by atoms with E-state index in [2.05, 4.69) is 4.72 Å². The van der Waals surface area contributed by atoms with E-state index in [1.165, 1.54) is 0 Å². The van der Waals surface area contributed by atoms with Crippen molar-refractivity contribution in [2.24, 2.45) is 0 Å². The third-order valence-corrected chi connectivity index (χ3v) is 5.17. The summed E-state index contributed by atoms with van der Waals surface area (Å²) in [6, 6.07) is 9.67. The molecule has 0 aliphatic rings. The molecule has 0 fully saturated rings. The molecule has 3 nitrogen and oxygen atoms in total. The van der Waals surface area contributed by atoms with E-state index in [4.69, 9.17) is 11.6 Å². The fourth-order valence-corrected chi connectivity index (χ4v) is 3.35. The molecule has 0 spiro atoms. The molecule has 108 valence electrons. The molecule has 0 aromatic heterocycles. The number of alkyl halides is 1. The predicted molar refractivity (Wildman–Crippen MR) is 81.2 cm³/mol. The van der Waals surface area contributed by atoms with Crippen LogP contribution in [-0.4, -0.2) is 26.1 Å². The Hall–Kier alpha value is -0.580. The molecule has 0 saturated heterocycles. The van der Waals surface area contributed by atoms with Gasteiger partial charge in [0.15, 0.2) is 0 Å². The van der Waals surface area contributed by atoms with Crippen LogP contribution in [0.1, 0.15) is 38.2 Å². The maximum Gasteiger partial charge on any atom is 0.212 e. The fourth-order valence-electron chi connectivity index (χ4n) is 1.84. The van der Waals surface area contributed by atoms with Gasteiger partial charge in [0.2, 0.25) is 10.0 Å². The predicted octanol–water partition coefficient (Wildman–Crippen LogP) is 3.12. The van der Waals surface area contributed by atoms with Gasteiger partial charge in [-0.1, -0.05) is 44.2 Å². The third kappa shape index (κ3) is 6.41. The Labute approximate surface area is 121 Å². The van der Waals surface area contributed by atoms with Gasteiger partial charge < -0.3 is 0 Å². The van der Waals surface area contributed by atoms with Gasteiger partial charge in [0.1, 0.15) is 0 Å². The average molecular weight is 304 g/mol. The number of halogens is 1. The molecule has 1 aromatic rings. The number of benzene rings is 1. The number of hydrogen-bond donors (Lipinski definition) is 1. The van der Waals surface area contributed by atoms with Crippen LogP contribution in [0.25, 0.3) is 0 Å². The van der Waals surface area contributed by atoms with Crippen molar-refractivity contribution in [2.75, 3.05) is 12.3 Å². The highest BCUT2D eigenvalue weighted by atomic mass is 35.5. The van der Waals surface area contributed by atoms with Gasteiger partial charge in [-0.2, -0.15) is 0 Å². The summed E-state index contributed by atoms with van der Waals surface area (Å²) < 4.78 is 26.5. The van der Waals surface area contributed by atoms with Gasteiger partial charge in [0.05, 0.1) is 5.75 Å². The van der Waals surface area contributed by atoms with Crippen LogP contribution >= 0.6 is 11.6 Å². The van der Waals surface area contributed by atoms with E-state index in [9.17, 15) is 8.42 Å². The number of sulfonamides is 1. The molecule has 2 unspecified atom stereocenters. The van der Waals surface area contributed by atoms with Crippen molar-refractivity contribution in [1.82, 2.24) is 4.72 Å². The zero-order valence-electron chi connectivity index (χ0n) is 11.5. The highest BCUT2D eigenvalue weighted by molar-refractivity contribution is 7.89. The van der Waals surface area contributed by atoms with Crippen molar-refractivity contribution < 1.29 is 8.42 Å². The second-order valence-corrected chi connectivity index (χ2v) is 7.25. The second kappa shape index (κ2) is 7.88. The van der Waals surface area contributed by atoms with E-state index in [1.807, 2.05) is 44.2 Å². The Balaban J connectivity index is 2.46. The van der Waals surface area contributed by atoms with Gasteiger partial charge in [0.25, 0.3) is 0 Å². The second-order valence-electron chi connectivity index (χ2n) is 4.78. The van der Waals surface area contributed by atoms with Crippen LogP contribution in [0.15, 0.2) is 30.3 Å². The lowest BCUT2D eigenvalue weighted by Gasteiger charge is -2.13.